The second kappa shape index (κ2) is 12.2. The van der Waals surface area contributed by atoms with E-state index in [0.29, 0.717) is 23.0 Å². The summed E-state index contributed by atoms with van der Waals surface area (Å²) >= 11 is 0. The Labute approximate surface area is 254 Å². The van der Waals surface area contributed by atoms with Crippen LogP contribution in [-0.2, 0) is 4.74 Å². The van der Waals surface area contributed by atoms with Crippen molar-refractivity contribution in [2.45, 2.75) is 0 Å². The van der Waals surface area contributed by atoms with E-state index in [9.17, 15) is 10.4 Å². The SMILES string of the molecule is On1ccnc2cc(-c3ccc(N4CCNCC4)cc3)nc1-2.On1ccnc2cc(-c3ccc(N4CCOCC4)cc3)nc1-2. The lowest BCUT2D eigenvalue weighted by Crippen LogP contribution is -2.43. The molecule has 6 aliphatic heterocycles. The second-order valence-corrected chi connectivity index (χ2v) is 10.7. The number of piperazine rings is 1. The number of ether oxygens (including phenoxy) is 1. The predicted octanol–water partition coefficient (Wildman–Crippen LogP) is 3.82. The molecule has 6 heterocycles. The first-order chi connectivity index (χ1) is 21.6. The molecule has 0 amide bonds. The van der Waals surface area contributed by atoms with Crippen molar-refractivity contribution < 1.29 is 15.2 Å². The number of benzene rings is 2. The Morgan fingerprint density at radius 2 is 1.05 bits per heavy atom. The molecule has 0 radical (unpaired) electrons. The van der Waals surface area contributed by atoms with E-state index in [1.807, 2.05) is 24.3 Å². The first-order valence-corrected chi connectivity index (χ1v) is 14.7. The molecule has 2 aromatic rings. The van der Waals surface area contributed by atoms with E-state index < -0.39 is 0 Å². The molecule has 0 bridgehead atoms. The van der Waals surface area contributed by atoms with Crippen LogP contribution in [-0.4, -0.2) is 92.3 Å². The number of fused-ring (bicyclic) bond motifs is 2. The molecule has 2 saturated heterocycles. The summed E-state index contributed by atoms with van der Waals surface area (Å²) in [7, 11) is 0. The van der Waals surface area contributed by atoms with Crippen LogP contribution in [0.5, 0.6) is 0 Å². The van der Waals surface area contributed by atoms with Crippen LogP contribution >= 0.6 is 0 Å². The lowest BCUT2D eigenvalue weighted by Gasteiger charge is -2.29. The zero-order valence-corrected chi connectivity index (χ0v) is 24.1. The molecule has 0 unspecified atom stereocenters. The standard InChI is InChI=1S/C16H17N5O.C16H16N4O2/c22-21-10-7-18-15-11-14(19-16(15)21)12-1-3-13(4-2-12)20-8-5-17-6-9-20;21-20-6-5-17-15-11-14(18-16(15)20)12-1-3-13(4-2-12)19-7-9-22-10-8-19/h1-4,7,10-11,17,22H,5-6,8-9H2;1-6,11,21H,7-10H2. The summed E-state index contributed by atoms with van der Waals surface area (Å²) in [5, 5.41) is 22.8. The number of morpholine rings is 1. The van der Waals surface area contributed by atoms with E-state index >= 15 is 0 Å². The van der Waals surface area contributed by atoms with Gasteiger partial charge >= 0.3 is 0 Å². The monoisotopic (exact) mass is 591 g/mol. The molecular formula is C32H33N9O3. The number of hydrogen-bond acceptors (Lipinski definition) is 10. The van der Waals surface area contributed by atoms with Crippen LogP contribution in [0.25, 0.3) is 45.6 Å². The summed E-state index contributed by atoms with van der Waals surface area (Å²) in [5.41, 5.74) is 7.46. The van der Waals surface area contributed by atoms with E-state index in [1.165, 1.54) is 23.8 Å². The molecule has 8 rings (SSSR count). The quantitative estimate of drug-likeness (QED) is 0.260. The number of rotatable bonds is 4. The fourth-order valence-corrected chi connectivity index (χ4v) is 5.54. The Balaban J connectivity index is 0.000000142. The summed E-state index contributed by atoms with van der Waals surface area (Å²) in [6, 6.07) is 20.5. The third-order valence-corrected chi connectivity index (χ3v) is 7.92. The van der Waals surface area contributed by atoms with E-state index in [1.54, 1.807) is 12.4 Å². The van der Waals surface area contributed by atoms with Gasteiger partial charge in [0.2, 0.25) is 0 Å². The molecule has 12 nitrogen and oxygen atoms in total. The number of nitrogens with zero attached hydrogens (tertiary/aromatic N) is 8. The highest BCUT2D eigenvalue weighted by molar-refractivity contribution is 5.72. The van der Waals surface area contributed by atoms with Crippen molar-refractivity contribution in [2.24, 2.45) is 0 Å². The molecule has 12 heteroatoms. The van der Waals surface area contributed by atoms with Gasteiger partial charge in [-0.3, -0.25) is 9.97 Å². The highest BCUT2D eigenvalue weighted by atomic mass is 16.5. The molecule has 0 atom stereocenters. The van der Waals surface area contributed by atoms with Gasteiger partial charge in [0.25, 0.3) is 0 Å². The van der Waals surface area contributed by atoms with Gasteiger partial charge in [-0.2, -0.15) is 9.46 Å². The van der Waals surface area contributed by atoms with Gasteiger partial charge in [-0.25, -0.2) is 9.97 Å². The summed E-state index contributed by atoms with van der Waals surface area (Å²) in [6.45, 7) is 7.52. The molecule has 44 heavy (non-hydrogen) atoms. The first-order valence-electron chi connectivity index (χ1n) is 14.7. The zero-order valence-electron chi connectivity index (χ0n) is 24.1. The maximum Gasteiger partial charge on any atom is 0.194 e. The van der Waals surface area contributed by atoms with Crippen molar-refractivity contribution in [3.8, 4) is 45.6 Å². The van der Waals surface area contributed by atoms with Gasteiger partial charge in [0.1, 0.15) is 11.4 Å². The van der Waals surface area contributed by atoms with Crippen molar-refractivity contribution in [3.05, 3.63) is 85.5 Å². The van der Waals surface area contributed by atoms with E-state index in [4.69, 9.17) is 4.74 Å². The van der Waals surface area contributed by atoms with Crippen LogP contribution in [0.4, 0.5) is 11.4 Å². The Morgan fingerprint density at radius 1 is 0.591 bits per heavy atom. The molecule has 6 aliphatic rings. The largest absolute Gasteiger partial charge is 0.427 e. The Morgan fingerprint density at radius 3 is 1.50 bits per heavy atom. The van der Waals surface area contributed by atoms with Gasteiger partial charge in [-0.05, 0) is 36.4 Å². The molecule has 0 aliphatic carbocycles. The molecule has 224 valence electrons. The molecule has 0 saturated carbocycles. The molecule has 0 aromatic heterocycles. The topological polar surface area (TPSA) is 130 Å². The minimum Gasteiger partial charge on any atom is -0.427 e. The highest BCUT2D eigenvalue weighted by Crippen LogP contribution is 2.29. The Bertz CT molecular complexity index is 1620. The Kier molecular flexibility index (Phi) is 7.65. The van der Waals surface area contributed by atoms with Crippen LogP contribution in [0.3, 0.4) is 0 Å². The maximum absolute atomic E-state index is 9.75. The number of anilines is 2. The van der Waals surface area contributed by atoms with Crippen LogP contribution in [0.15, 0.2) is 85.5 Å². The van der Waals surface area contributed by atoms with Crippen LogP contribution in [0.2, 0.25) is 0 Å². The van der Waals surface area contributed by atoms with E-state index in [2.05, 4.69) is 71.5 Å². The number of aromatic nitrogens is 6. The van der Waals surface area contributed by atoms with Gasteiger partial charge in [0, 0.05) is 74.2 Å². The lowest BCUT2D eigenvalue weighted by molar-refractivity contribution is 0.122. The smallest absolute Gasteiger partial charge is 0.194 e. The molecular weight excluding hydrogens is 558 g/mol. The summed E-state index contributed by atoms with van der Waals surface area (Å²) in [4.78, 5) is 22.0. The van der Waals surface area contributed by atoms with Gasteiger partial charge in [0.15, 0.2) is 11.6 Å². The van der Waals surface area contributed by atoms with E-state index in [0.717, 1.165) is 84.5 Å². The van der Waals surface area contributed by atoms with Gasteiger partial charge in [0.05, 0.1) is 37.0 Å². The normalized spacial score (nSPS) is 15.4. The molecule has 3 N–H and O–H groups in total. The van der Waals surface area contributed by atoms with Crippen molar-refractivity contribution >= 4 is 11.4 Å². The average Bonchev–Trinajstić information content (AvgIpc) is 3.73. The van der Waals surface area contributed by atoms with Crippen molar-refractivity contribution in [3.63, 3.8) is 0 Å². The van der Waals surface area contributed by atoms with Crippen LogP contribution in [0, 0.1) is 0 Å². The van der Waals surface area contributed by atoms with Crippen LogP contribution < -0.4 is 15.1 Å². The van der Waals surface area contributed by atoms with Gasteiger partial charge in [-0.15, -0.1) is 0 Å². The third-order valence-electron chi connectivity index (χ3n) is 7.92. The minimum absolute atomic E-state index is 0.467. The molecule has 2 fully saturated rings. The first kappa shape index (κ1) is 27.6. The molecule has 2 aromatic carbocycles. The maximum atomic E-state index is 9.75. The minimum atomic E-state index is 0.467. The summed E-state index contributed by atoms with van der Waals surface area (Å²) < 4.78 is 7.37. The van der Waals surface area contributed by atoms with E-state index in [-0.39, 0.29) is 0 Å². The summed E-state index contributed by atoms with van der Waals surface area (Å²) in [6.07, 6.45) is 6.06. The fourth-order valence-electron chi connectivity index (χ4n) is 5.54. The molecule has 0 spiro atoms. The average molecular weight is 592 g/mol. The van der Waals surface area contributed by atoms with Crippen molar-refractivity contribution in [1.82, 2.24) is 34.7 Å². The number of hydrogen-bond donors (Lipinski definition) is 3. The summed E-state index contributed by atoms with van der Waals surface area (Å²) in [5.74, 6) is 0.943. The number of nitrogens with one attached hydrogen (secondary N) is 1. The van der Waals surface area contributed by atoms with Gasteiger partial charge in [-0.1, -0.05) is 24.3 Å². The van der Waals surface area contributed by atoms with Gasteiger partial charge < -0.3 is 30.3 Å². The predicted molar refractivity (Wildman–Crippen MR) is 167 cm³/mol. The fraction of sp³-hybridized carbons (Fsp3) is 0.250. The lowest BCUT2D eigenvalue weighted by atomic mass is 10.1. The van der Waals surface area contributed by atoms with Crippen molar-refractivity contribution in [2.75, 3.05) is 62.3 Å². The second-order valence-electron chi connectivity index (χ2n) is 10.7. The highest BCUT2D eigenvalue weighted by Gasteiger charge is 2.17. The Hall–Kier alpha value is -5.20. The van der Waals surface area contributed by atoms with Crippen molar-refractivity contribution in [1.29, 1.82) is 0 Å². The zero-order chi connectivity index (χ0) is 29.9. The third kappa shape index (κ3) is 5.72. The van der Waals surface area contributed by atoms with Crippen LogP contribution in [0.1, 0.15) is 0 Å².